The monoisotopic (exact) mass is 317 g/mol. The Morgan fingerprint density at radius 2 is 2.12 bits per heavy atom. The minimum atomic E-state index is -0.265. The van der Waals surface area contributed by atoms with Crippen LogP contribution in [0.2, 0.25) is 0 Å². The number of pyridine rings is 1. The van der Waals surface area contributed by atoms with Gasteiger partial charge in [-0.15, -0.1) is 0 Å². The Morgan fingerprint density at radius 3 is 2.96 bits per heavy atom. The molecule has 118 valence electrons. The van der Waals surface area contributed by atoms with Crippen molar-refractivity contribution in [2.45, 2.75) is 18.5 Å². The van der Waals surface area contributed by atoms with Crippen molar-refractivity contribution in [1.82, 2.24) is 20.3 Å². The van der Waals surface area contributed by atoms with Crippen molar-refractivity contribution in [2.24, 2.45) is 15.2 Å². The smallest absolute Gasteiger partial charge is 0.161 e. The summed E-state index contributed by atoms with van der Waals surface area (Å²) in [5, 5.41) is 11.1. The molecule has 0 spiro atoms. The third kappa shape index (κ3) is 3.05. The number of hydrogen-bond acceptors (Lipinski definition) is 7. The van der Waals surface area contributed by atoms with Gasteiger partial charge < -0.3 is 5.32 Å². The van der Waals surface area contributed by atoms with Gasteiger partial charge in [-0.3, -0.25) is 9.98 Å². The lowest BCUT2D eigenvalue weighted by atomic mass is 10.0. The fourth-order valence-electron chi connectivity index (χ4n) is 2.58. The third-order valence-electron chi connectivity index (χ3n) is 3.80. The molecule has 2 unspecified atom stereocenters. The molecule has 2 aliphatic rings. The van der Waals surface area contributed by atoms with Crippen LogP contribution >= 0.6 is 0 Å². The maximum absolute atomic E-state index is 4.65. The number of aliphatic imine (C=N–C) groups is 1. The van der Waals surface area contributed by atoms with E-state index in [9.17, 15) is 0 Å². The lowest BCUT2D eigenvalue weighted by molar-refractivity contribution is 0.579. The lowest BCUT2D eigenvalue weighted by Gasteiger charge is -2.21. The molecule has 0 aliphatic carbocycles. The fourth-order valence-corrected chi connectivity index (χ4v) is 2.58. The van der Waals surface area contributed by atoms with Crippen LogP contribution in [0, 0.1) is 6.54 Å². The first-order valence-corrected chi connectivity index (χ1v) is 7.76. The maximum Gasteiger partial charge on any atom is 0.161 e. The number of nitrogens with one attached hydrogen (secondary N) is 1. The van der Waals surface area contributed by atoms with E-state index in [1.807, 2.05) is 30.3 Å². The van der Waals surface area contributed by atoms with Gasteiger partial charge in [-0.1, -0.05) is 6.07 Å². The molecule has 2 atom stereocenters. The summed E-state index contributed by atoms with van der Waals surface area (Å²) in [5.74, 6) is 0.693. The van der Waals surface area contributed by atoms with Crippen molar-refractivity contribution >= 4 is 11.9 Å². The van der Waals surface area contributed by atoms with Gasteiger partial charge in [-0.25, -0.2) is 9.97 Å². The number of nitrogens with zero attached hydrogens (tertiary/aromatic N) is 6. The molecular formula is C17H15N7. The van der Waals surface area contributed by atoms with Crippen molar-refractivity contribution in [1.29, 1.82) is 0 Å². The molecule has 0 saturated carbocycles. The normalized spacial score (nSPS) is 22.8. The van der Waals surface area contributed by atoms with Gasteiger partial charge >= 0.3 is 0 Å². The second-order valence-electron chi connectivity index (χ2n) is 5.42. The van der Waals surface area contributed by atoms with Gasteiger partial charge in [0.1, 0.15) is 5.82 Å². The molecule has 7 nitrogen and oxygen atoms in total. The molecular weight excluding hydrogens is 302 g/mol. The molecule has 0 fully saturated rings. The van der Waals surface area contributed by atoms with Crippen LogP contribution in [0.4, 0.5) is 0 Å². The average molecular weight is 317 g/mol. The van der Waals surface area contributed by atoms with Crippen LogP contribution in [-0.4, -0.2) is 27.7 Å². The Kier molecular flexibility index (Phi) is 4.05. The Balaban J connectivity index is 1.55. The van der Waals surface area contributed by atoms with E-state index in [-0.39, 0.29) is 12.1 Å². The summed E-state index contributed by atoms with van der Waals surface area (Å²) in [7, 11) is 0. The zero-order chi connectivity index (χ0) is 16.2. The van der Waals surface area contributed by atoms with Gasteiger partial charge in [0, 0.05) is 18.6 Å². The second kappa shape index (κ2) is 6.66. The number of hydrogen-bond donors (Lipinski definition) is 1. The van der Waals surface area contributed by atoms with Crippen LogP contribution < -0.4 is 5.32 Å². The SMILES string of the molecule is [C]1N=NCCC1c1nccc(C2N=CC=C(c3ccccn3)N2)n1. The van der Waals surface area contributed by atoms with Gasteiger partial charge in [0.05, 0.1) is 29.5 Å². The van der Waals surface area contributed by atoms with Crippen molar-refractivity contribution in [2.75, 3.05) is 6.54 Å². The largest absolute Gasteiger partial charge is 0.357 e. The molecule has 2 aromatic rings. The molecule has 4 rings (SSSR count). The zero-order valence-corrected chi connectivity index (χ0v) is 12.9. The highest BCUT2D eigenvalue weighted by molar-refractivity contribution is 5.84. The second-order valence-corrected chi connectivity index (χ2v) is 5.42. The van der Waals surface area contributed by atoms with Crippen LogP contribution in [0.1, 0.15) is 35.7 Å². The van der Waals surface area contributed by atoms with E-state index in [1.54, 1.807) is 18.6 Å². The van der Waals surface area contributed by atoms with E-state index in [2.05, 4.69) is 42.0 Å². The molecule has 0 amide bonds. The molecule has 1 N–H and O–H groups in total. The van der Waals surface area contributed by atoms with Crippen LogP contribution in [0.3, 0.4) is 0 Å². The molecule has 24 heavy (non-hydrogen) atoms. The first-order valence-electron chi connectivity index (χ1n) is 7.76. The van der Waals surface area contributed by atoms with E-state index in [0.29, 0.717) is 12.4 Å². The summed E-state index contributed by atoms with van der Waals surface area (Å²) in [5.41, 5.74) is 2.60. The summed E-state index contributed by atoms with van der Waals surface area (Å²) in [6, 6.07) is 7.67. The summed E-state index contributed by atoms with van der Waals surface area (Å²) < 4.78 is 0. The number of allylic oxidation sites excluding steroid dienone is 1. The van der Waals surface area contributed by atoms with Crippen LogP contribution in [0.25, 0.3) is 5.70 Å². The van der Waals surface area contributed by atoms with E-state index in [0.717, 1.165) is 23.5 Å². The van der Waals surface area contributed by atoms with Crippen molar-refractivity contribution in [3.8, 4) is 0 Å². The minimum Gasteiger partial charge on any atom is -0.357 e. The van der Waals surface area contributed by atoms with E-state index in [1.165, 1.54) is 0 Å². The van der Waals surface area contributed by atoms with Gasteiger partial charge in [0.25, 0.3) is 0 Å². The number of aromatic nitrogens is 3. The highest BCUT2D eigenvalue weighted by Crippen LogP contribution is 2.26. The summed E-state index contributed by atoms with van der Waals surface area (Å²) in [4.78, 5) is 17.8. The average Bonchev–Trinajstić information content (AvgIpc) is 2.70. The zero-order valence-electron chi connectivity index (χ0n) is 12.9. The molecule has 2 aliphatic heterocycles. The van der Waals surface area contributed by atoms with Gasteiger partial charge in [0.2, 0.25) is 0 Å². The Labute approximate surface area is 139 Å². The molecule has 2 radical (unpaired) electrons. The molecule has 0 bridgehead atoms. The standard InChI is InChI=1S/C17H15N7/c1-2-7-18-13(3-1)14-5-8-20-17(23-14)15-6-9-19-16(24-15)12-4-10-21-22-11-12/h1-3,5-9,12,17,23H,4,10H2. The number of azo groups is 1. The first kappa shape index (κ1) is 14.6. The summed E-state index contributed by atoms with van der Waals surface area (Å²) in [6.45, 7) is 3.63. The quantitative estimate of drug-likeness (QED) is 0.942. The first-order chi connectivity index (χ1) is 11.9. The fraction of sp³-hybridized carbons (Fsp3) is 0.235. The van der Waals surface area contributed by atoms with Crippen molar-refractivity contribution in [3.63, 3.8) is 0 Å². The molecule has 0 saturated heterocycles. The van der Waals surface area contributed by atoms with Crippen LogP contribution in [-0.2, 0) is 0 Å². The summed E-state index contributed by atoms with van der Waals surface area (Å²) in [6.07, 6.45) is 7.77. The van der Waals surface area contributed by atoms with Crippen LogP contribution in [0.15, 0.2) is 58.0 Å². The third-order valence-corrected chi connectivity index (χ3v) is 3.80. The van der Waals surface area contributed by atoms with Crippen molar-refractivity contribution < 1.29 is 0 Å². The molecule has 4 heterocycles. The lowest BCUT2D eigenvalue weighted by Crippen LogP contribution is -2.23. The highest BCUT2D eigenvalue weighted by atomic mass is 15.1. The minimum absolute atomic E-state index is 0.0131. The maximum atomic E-state index is 4.65. The van der Waals surface area contributed by atoms with Gasteiger partial charge in [-0.2, -0.15) is 10.2 Å². The Morgan fingerprint density at radius 1 is 1.12 bits per heavy atom. The van der Waals surface area contributed by atoms with Crippen LogP contribution in [0.5, 0.6) is 0 Å². The predicted molar refractivity (Wildman–Crippen MR) is 88.9 cm³/mol. The Hall–Kier alpha value is -2.96. The Bertz CT molecular complexity index is 798. The summed E-state index contributed by atoms with van der Waals surface area (Å²) >= 11 is 0. The molecule has 0 aromatic carbocycles. The predicted octanol–water partition coefficient (Wildman–Crippen LogP) is 2.56. The number of rotatable bonds is 3. The van der Waals surface area contributed by atoms with Crippen molar-refractivity contribution in [3.05, 3.63) is 66.5 Å². The molecule has 2 aromatic heterocycles. The molecule has 7 heteroatoms. The van der Waals surface area contributed by atoms with Gasteiger partial charge in [-0.05, 0) is 30.7 Å². The topological polar surface area (TPSA) is 87.8 Å². The van der Waals surface area contributed by atoms with E-state index < -0.39 is 0 Å². The van der Waals surface area contributed by atoms with E-state index >= 15 is 0 Å². The highest BCUT2D eigenvalue weighted by Gasteiger charge is 2.22. The van der Waals surface area contributed by atoms with Gasteiger partial charge in [0.15, 0.2) is 12.7 Å². The van der Waals surface area contributed by atoms with E-state index in [4.69, 9.17) is 0 Å².